The molecule has 10 heteroatoms. The highest BCUT2D eigenvalue weighted by Crippen LogP contribution is 2.27. The van der Waals surface area contributed by atoms with Crippen LogP contribution in [0.3, 0.4) is 0 Å². The summed E-state index contributed by atoms with van der Waals surface area (Å²) in [6.45, 7) is 4.30. The minimum atomic E-state index is -4.16. The van der Waals surface area contributed by atoms with Gasteiger partial charge in [0.1, 0.15) is 18.4 Å². The molecule has 3 aromatic rings. The van der Waals surface area contributed by atoms with Crippen LogP contribution >= 0.6 is 15.9 Å². The number of carbonyl (C=O) groups is 2. The van der Waals surface area contributed by atoms with E-state index >= 15 is 0 Å². The number of benzene rings is 3. The van der Waals surface area contributed by atoms with Gasteiger partial charge in [-0.15, -0.1) is 0 Å². The van der Waals surface area contributed by atoms with Crippen LogP contribution in [0.2, 0.25) is 0 Å². The van der Waals surface area contributed by atoms with Gasteiger partial charge in [0.15, 0.2) is 0 Å². The van der Waals surface area contributed by atoms with Crippen LogP contribution in [-0.2, 0) is 26.2 Å². The molecule has 0 radical (unpaired) electrons. The van der Waals surface area contributed by atoms with Crippen molar-refractivity contribution in [2.24, 2.45) is 0 Å². The molecular formula is C27H29BrFN3O4S. The SMILES string of the molecule is CC(C)NC(=O)C(C)N(Cc1ccccc1F)C(=O)CN(c1cccc(Br)c1)S(=O)(=O)c1ccccc1. The van der Waals surface area contributed by atoms with Gasteiger partial charge in [-0.05, 0) is 57.2 Å². The molecule has 0 heterocycles. The van der Waals surface area contributed by atoms with Crippen molar-refractivity contribution >= 4 is 43.5 Å². The third-order valence-corrected chi connectivity index (χ3v) is 7.88. The number of carbonyl (C=O) groups excluding carboxylic acids is 2. The Balaban J connectivity index is 2.03. The second-order valence-corrected chi connectivity index (χ2v) is 11.5. The number of nitrogens with zero attached hydrogens (tertiary/aromatic N) is 2. The zero-order valence-electron chi connectivity index (χ0n) is 20.8. The lowest BCUT2D eigenvalue weighted by Gasteiger charge is -2.32. The lowest BCUT2D eigenvalue weighted by molar-refractivity contribution is -0.139. The first-order valence-corrected chi connectivity index (χ1v) is 13.9. The molecule has 0 aliphatic rings. The van der Waals surface area contributed by atoms with E-state index in [2.05, 4.69) is 21.2 Å². The van der Waals surface area contributed by atoms with E-state index in [4.69, 9.17) is 0 Å². The average molecular weight is 591 g/mol. The quantitative estimate of drug-likeness (QED) is 0.370. The van der Waals surface area contributed by atoms with E-state index in [0.717, 1.165) is 4.31 Å². The van der Waals surface area contributed by atoms with E-state index in [9.17, 15) is 22.4 Å². The molecular weight excluding hydrogens is 561 g/mol. The zero-order valence-corrected chi connectivity index (χ0v) is 23.2. The lowest BCUT2D eigenvalue weighted by Crippen LogP contribution is -2.52. The van der Waals surface area contributed by atoms with Crippen molar-refractivity contribution in [3.05, 3.63) is 94.7 Å². The Morgan fingerprint density at radius 3 is 2.22 bits per heavy atom. The van der Waals surface area contributed by atoms with Crippen LogP contribution in [0.15, 0.2) is 88.2 Å². The summed E-state index contributed by atoms with van der Waals surface area (Å²) < 4.78 is 43.5. The topological polar surface area (TPSA) is 86.8 Å². The van der Waals surface area contributed by atoms with E-state index < -0.39 is 40.2 Å². The van der Waals surface area contributed by atoms with Crippen molar-refractivity contribution in [3.63, 3.8) is 0 Å². The van der Waals surface area contributed by atoms with E-state index in [1.54, 1.807) is 62.4 Å². The van der Waals surface area contributed by atoms with Crippen molar-refractivity contribution < 1.29 is 22.4 Å². The van der Waals surface area contributed by atoms with Crippen LogP contribution in [0.5, 0.6) is 0 Å². The highest BCUT2D eigenvalue weighted by molar-refractivity contribution is 9.10. The molecule has 0 bridgehead atoms. The molecule has 0 spiro atoms. The second kappa shape index (κ2) is 12.3. The number of halogens is 2. The smallest absolute Gasteiger partial charge is 0.264 e. The summed E-state index contributed by atoms with van der Waals surface area (Å²) in [6.07, 6.45) is 0. The Bertz CT molecular complexity index is 1350. The first kappa shape index (κ1) is 28.3. The summed E-state index contributed by atoms with van der Waals surface area (Å²) in [5, 5.41) is 2.76. The fraction of sp³-hybridized carbons (Fsp3) is 0.259. The molecule has 1 N–H and O–H groups in total. The molecule has 0 aliphatic carbocycles. The zero-order chi connectivity index (χ0) is 27.2. The summed E-state index contributed by atoms with van der Waals surface area (Å²) in [7, 11) is -4.16. The van der Waals surface area contributed by atoms with E-state index in [-0.39, 0.29) is 28.7 Å². The molecule has 2 amide bonds. The predicted octanol–water partition coefficient (Wildman–Crippen LogP) is 4.73. The maximum atomic E-state index is 14.5. The average Bonchev–Trinajstić information content (AvgIpc) is 2.86. The van der Waals surface area contributed by atoms with Gasteiger partial charge >= 0.3 is 0 Å². The van der Waals surface area contributed by atoms with Gasteiger partial charge in [0.05, 0.1) is 10.6 Å². The van der Waals surface area contributed by atoms with Crippen LogP contribution in [0.4, 0.5) is 10.1 Å². The number of anilines is 1. The molecule has 37 heavy (non-hydrogen) atoms. The van der Waals surface area contributed by atoms with Crippen molar-refractivity contribution in [2.75, 3.05) is 10.8 Å². The molecule has 0 aromatic heterocycles. The fourth-order valence-corrected chi connectivity index (χ4v) is 5.49. The molecule has 1 unspecified atom stereocenters. The first-order valence-electron chi connectivity index (χ1n) is 11.7. The fourth-order valence-electron chi connectivity index (χ4n) is 3.68. The third kappa shape index (κ3) is 7.17. The Morgan fingerprint density at radius 1 is 0.946 bits per heavy atom. The maximum absolute atomic E-state index is 14.5. The Hall–Kier alpha value is -3.24. The van der Waals surface area contributed by atoms with Crippen LogP contribution in [0, 0.1) is 5.82 Å². The third-order valence-electron chi connectivity index (χ3n) is 5.60. The molecule has 0 fully saturated rings. The van der Waals surface area contributed by atoms with Gasteiger partial charge in [-0.1, -0.05) is 58.4 Å². The van der Waals surface area contributed by atoms with Gasteiger partial charge in [0.25, 0.3) is 10.0 Å². The minimum Gasteiger partial charge on any atom is -0.352 e. The lowest BCUT2D eigenvalue weighted by atomic mass is 10.1. The standard InChI is InChI=1S/C27H29BrFN3O4S/c1-19(2)30-27(34)20(3)31(17-21-10-7-8-15-25(21)29)26(33)18-32(23-12-9-11-22(28)16-23)37(35,36)24-13-5-4-6-14-24/h4-16,19-20H,17-18H2,1-3H3,(H,30,34). The summed E-state index contributed by atoms with van der Waals surface area (Å²) in [5.41, 5.74) is 0.469. The number of hydrogen-bond donors (Lipinski definition) is 1. The normalized spacial score (nSPS) is 12.2. The van der Waals surface area contributed by atoms with E-state index in [1.807, 2.05) is 0 Å². The molecule has 0 saturated carbocycles. The van der Waals surface area contributed by atoms with Crippen molar-refractivity contribution in [3.8, 4) is 0 Å². The molecule has 3 rings (SSSR count). The molecule has 3 aromatic carbocycles. The number of nitrogens with one attached hydrogen (secondary N) is 1. The molecule has 1 atom stereocenters. The van der Waals surface area contributed by atoms with Crippen LogP contribution in [0.25, 0.3) is 0 Å². The minimum absolute atomic E-state index is 0.00836. The van der Waals surface area contributed by atoms with Crippen molar-refractivity contribution in [1.82, 2.24) is 10.2 Å². The number of hydrogen-bond acceptors (Lipinski definition) is 4. The van der Waals surface area contributed by atoms with E-state index in [0.29, 0.717) is 4.47 Å². The predicted molar refractivity (Wildman–Crippen MR) is 145 cm³/mol. The molecule has 7 nitrogen and oxygen atoms in total. The summed E-state index contributed by atoms with van der Waals surface area (Å²) in [5.74, 6) is -1.62. The summed E-state index contributed by atoms with van der Waals surface area (Å²) >= 11 is 3.35. The van der Waals surface area contributed by atoms with Gasteiger partial charge < -0.3 is 10.2 Å². The van der Waals surface area contributed by atoms with Gasteiger partial charge in [-0.25, -0.2) is 12.8 Å². The highest BCUT2D eigenvalue weighted by Gasteiger charge is 2.33. The Kier molecular flexibility index (Phi) is 9.45. The molecule has 196 valence electrons. The van der Waals surface area contributed by atoms with Gasteiger partial charge in [0.2, 0.25) is 11.8 Å². The largest absolute Gasteiger partial charge is 0.352 e. The van der Waals surface area contributed by atoms with Crippen LogP contribution in [0.1, 0.15) is 26.3 Å². The molecule has 0 aliphatic heterocycles. The van der Waals surface area contributed by atoms with Gasteiger partial charge in [-0.3, -0.25) is 13.9 Å². The highest BCUT2D eigenvalue weighted by atomic mass is 79.9. The van der Waals surface area contributed by atoms with Crippen LogP contribution in [-0.4, -0.2) is 43.8 Å². The second-order valence-electron chi connectivity index (χ2n) is 8.76. The Labute approximate surface area is 225 Å². The Morgan fingerprint density at radius 2 is 1.59 bits per heavy atom. The van der Waals surface area contributed by atoms with Gasteiger partial charge in [-0.2, -0.15) is 0 Å². The number of rotatable bonds is 10. The van der Waals surface area contributed by atoms with Crippen molar-refractivity contribution in [2.45, 2.75) is 44.3 Å². The van der Waals surface area contributed by atoms with E-state index in [1.165, 1.54) is 42.2 Å². The monoisotopic (exact) mass is 589 g/mol. The van der Waals surface area contributed by atoms with Gasteiger partial charge in [0, 0.05) is 22.6 Å². The molecule has 0 saturated heterocycles. The summed E-state index contributed by atoms with van der Waals surface area (Å²) in [4.78, 5) is 27.8. The maximum Gasteiger partial charge on any atom is 0.264 e. The van der Waals surface area contributed by atoms with Crippen LogP contribution < -0.4 is 9.62 Å². The van der Waals surface area contributed by atoms with Crippen molar-refractivity contribution in [1.29, 1.82) is 0 Å². The summed E-state index contributed by atoms with van der Waals surface area (Å²) in [6, 6.07) is 19.1. The first-order chi connectivity index (χ1) is 17.5. The number of amides is 2. The number of sulfonamides is 1.